The molecule has 4 rings (SSSR count). The van der Waals surface area contributed by atoms with Gasteiger partial charge in [0.15, 0.2) is 0 Å². The highest BCUT2D eigenvalue weighted by Crippen LogP contribution is 2.26. The van der Waals surface area contributed by atoms with Gasteiger partial charge in [-0.2, -0.15) is 0 Å². The van der Waals surface area contributed by atoms with E-state index in [9.17, 15) is 9.59 Å². The van der Waals surface area contributed by atoms with Crippen molar-refractivity contribution in [1.82, 2.24) is 20.1 Å². The van der Waals surface area contributed by atoms with E-state index in [1.807, 2.05) is 29.2 Å². The molecule has 2 aliphatic rings. The molecule has 2 saturated heterocycles. The number of hydrogen-bond acceptors (Lipinski definition) is 6. The molecule has 3 heterocycles. The zero-order valence-electron chi connectivity index (χ0n) is 18.0. The van der Waals surface area contributed by atoms with Crippen LogP contribution in [0.4, 0.5) is 0 Å². The standard InChI is InChI=1S/C23H30N4O4/c1-30-12-8-24-23(29)18-14-20(25-19-7-3-2-6-17(18)19)21-15-27(11-13-31-21)22(28)16-26-9-4-5-10-26/h2-3,6-7,14,21H,4-5,8-13,15-16H2,1H3,(H,24,29)/t21-/m0/s1. The number of pyridine rings is 1. The number of morpholine rings is 1. The molecular formula is C23H30N4O4. The molecule has 2 amide bonds. The van der Waals surface area contributed by atoms with Gasteiger partial charge in [0.1, 0.15) is 6.10 Å². The van der Waals surface area contributed by atoms with E-state index in [1.165, 1.54) is 0 Å². The number of hydrogen-bond donors (Lipinski definition) is 1. The van der Waals surface area contributed by atoms with Gasteiger partial charge in [0.25, 0.3) is 5.91 Å². The van der Waals surface area contributed by atoms with Crippen molar-refractivity contribution in [1.29, 1.82) is 0 Å². The lowest BCUT2D eigenvalue weighted by molar-refractivity contribution is -0.140. The van der Waals surface area contributed by atoms with Crippen molar-refractivity contribution < 1.29 is 19.1 Å². The minimum atomic E-state index is -0.355. The normalized spacial score (nSPS) is 19.6. The zero-order valence-corrected chi connectivity index (χ0v) is 18.0. The van der Waals surface area contributed by atoms with E-state index in [1.54, 1.807) is 13.2 Å². The molecule has 0 aliphatic carbocycles. The van der Waals surface area contributed by atoms with Gasteiger partial charge >= 0.3 is 0 Å². The van der Waals surface area contributed by atoms with Gasteiger partial charge in [-0.15, -0.1) is 0 Å². The number of likely N-dealkylation sites (tertiary alicyclic amines) is 1. The molecular weight excluding hydrogens is 396 g/mol. The largest absolute Gasteiger partial charge is 0.383 e. The van der Waals surface area contributed by atoms with Gasteiger partial charge in [0.05, 0.1) is 43.1 Å². The average molecular weight is 427 g/mol. The molecule has 31 heavy (non-hydrogen) atoms. The number of amides is 2. The van der Waals surface area contributed by atoms with Crippen LogP contribution in [-0.2, 0) is 14.3 Å². The van der Waals surface area contributed by atoms with E-state index in [0.29, 0.717) is 50.7 Å². The molecule has 2 aliphatic heterocycles. The Morgan fingerprint density at radius 2 is 2.03 bits per heavy atom. The summed E-state index contributed by atoms with van der Waals surface area (Å²) in [5.74, 6) is -0.0387. The van der Waals surface area contributed by atoms with E-state index in [4.69, 9.17) is 14.5 Å². The summed E-state index contributed by atoms with van der Waals surface area (Å²) in [6.45, 7) is 4.82. The highest BCUT2D eigenvalue weighted by Gasteiger charge is 2.29. The molecule has 2 fully saturated rings. The van der Waals surface area contributed by atoms with E-state index < -0.39 is 0 Å². The first-order chi connectivity index (χ1) is 15.2. The van der Waals surface area contributed by atoms with Crippen molar-refractivity contribution in [2.24, 2.45) is 0 Å². The van der Waals surface area contributed by atoms with Crippen molar-refractivity contribution in [3.8, 4) is 0 Å². The second kappa shape index (κ2) is 10.2. The van der Waals surface area contributed by atoms with Crippen LogP contribution in [0.3, 0.4) is 0 Å². The van der Waals surface area contributed by atoms with Crippen LogP contribution in [0.5, 0.6) is 0 Å². The number of aromatic nitrogens is 1. The maximum atomic E-state index is 12.8. The number of carbonyl (C=O) groups excluding carboxylic acids is 2. The Kier molecular flexibility index (Phi) is 7.11. The third-order valence-corrected chi connectivity index (χ3v) is 5.88. The van der Waals surface area contributed by atoms with Gasteiger partial charge in [0, 0.05) is 25.6 Å². The van der Waals surface area contributed by atoms with Crippen molar-refractivity contribution >= 4 is 22.7 Å². The Bertz CT molecular complexity index is 929. The van der Waals surface area contributed by atoms with Crippen molar-refractivity contribution in [3.63, 3.8) is 0 Å². The number of ether oxygens (including phenoxy) is 2. The maximum Gasteiger partial charge on any atom is 0.252 e. The second-order valence-electron chi connectivity index (χ2n) is 8.04. The molecule has 0 bridgehead atoms. The molecule has 0 unspecified atom stereocenters. The third-order valence-electron chi connectivity index (χ3n) is 5.88. The lowest BCUT2D eigenvalue weighted by atomic mass is 10.0. The summed E-state index contributed by atoms with van der Waals surface area (Å²) in [6, 6.07) is 9.38. The van der Waals surface area contributed by atoms with Gasteiger partial charge in [0.2, 0.25) is 5.91 Å². The topological polar surface area (TPSA) is 84.0 Å². The summed E-state index contributed by atoms with van der Waals surface area (Å²) in [7, 11) is 1.60. The molecule has 2 aromatic rings. The second-order valence-corrected chi connectivity index (χ2v) is 8.04. The smallest absolute Gasteiger partial charge is 0.252 e. The molecule has 1 aromatic heterocycles. The number of para-hydroxylation sites is 1. The summed E-state index contributed by atoms with van der Waals surface area (Å²) in [6.07, 6.45) is 1.97. The van der Waals surface area contributed by atoms with E-state index in [-0.39, 0.29) is 17.9 Å². The molecule has 1 aromatic carbocycles. The number of rotatable bonds is 7. The minimum absolute atomic E-state index is 0.133. The Morgan fingerprint density at radius 1 is 1.23 bits per heavy atom. The number of carbonyl (C=O) groups is 2. The van der Waals surface area contributed by atoms with Crippen LogP contribution in [0.15, 0.2) is 30.3 Å². The lowest BCUT2D eigenvalue weighted by Gasteiger charge is -2.34. The molecule has 8 heteroatoms. The minimum Gasteiger partial charge on any atom is -0.383 e. The van der Waals surface area contributed by atoms with Crippen LogP contribution in [0.2, 0.25) is 0 Å². The summed E-state index contributed by atoms with van der Waals surface area (Å²) >= 11 is 0. The highest BCUT2D eigenvalue weighted by molar-refractivity contribution is 6.06. The third kappa shape index (κ3) is 5.20. The first-order valence-electron chi connectivity index (χ1n) is 10.9. The van der Waals surface area contributed by atoms with Gasteiger partial charge in [-0.05, 0) is 38.1 Å². The van der Waals surface area contributed by atoms with Gasteiger partial charge in [-0.3, -0.25) is 14.5 Å². The average Bonchev–Trinajstić information content (AvgIpc) is 3.31. The Balaban J connectivity index is 1.53. The van der Waals surface area contributed by atoms with Crippen molar-refractivity contribution in [3.05, 3.63) is 41.6 Å². The number of nitrogens with one attached hydrogen (secondary N) is 1. The van der Waals surface area contributed by atoms with E-state index >= 15 is 0 Å². The van der Waals surface area contributed by atoms with E-state index in [2.05, 4.69) is 10.2 Å². The fourth-order valence-electron chi connectivity index (χ4n) is 4.20. The van der Waals surface area contributed by atoms with E-state index in [0.717, 1.165) is 36.8 Å². The maximum absolute atomic E-state index is 12.8. The summed E-state index contributed by atoms with van der Waals surface area (Å²) in [5, 5.41) is 3.68. The molecule has 166 valence electrons. The molecule has 0 radical (unpaired) electrons. The first-order valence-corrected chi connectivity index (χ1v) is 10.9. The van der Waals surface area contributed by atoms with Gasteiger partial charge in [-0.25, -0.2) is 4.98 Å². The monoisotopic (exact) mass is 426 g/mol. The van der Waals surface area contributed by atoms with Crippen LogP contribution < -0.4 is 5.32 Å². The number of benzene rings is 1. The van der Waals surface area contributed by atoms with Crippen LogP contribution in [0, 0.1) is 0 Å². The van der Waals surface area contributed by atoms with Crippen molar-refractivity contribution in [2.75, 3.05) is 59.6 Å². The number of fused-ring (bicyclic) bond motifs is 1. The molecule has 0 saturated carbocycles. The molecule has 1 atom stereocenters. The van der Waals surface area contributed by atoms with Gasteiger partial charge < -0.3 is 19.7 Å². The fraction of sp³-hybridized carbons (Fsp3) is 0.522. The molecule has 1 N–H and O–H groups in total. The Labute approximate surface area is 182 Å². The summed E-state index contributed by atoms with van der Waals surface area (Å²) < 4.78 is 11.0. The van der Waals surface area contributed by atoms with Crippen LogP contribution in [-0.4, -0.2) is 86.2 Å². The predicted octanol–water partition coefficient (Wildman–Crippen LogP) is 1.61. The highest BCUT2D eigenvalue weighted by atomic mass is 16.5. The SMILES string of the molecule is COCCNC(=O)c1cc([C@@H]2CN(C(=O)CN3CCCC3)CCO2)nc2ccccc12. The first kappa shape index (κ1) is 21.7. The summed E-state index contributed by atoms with van der Waals surface area (Å²) in [4.78, 5) is 34.5. The van der Waals surface area contributed by atoms with Gasteiger partial charge in [-0.1, -0.05) is 18.2 Å². The zero-order chi connectivity index (χ0) is 21.6. The van der Waals surface area contributed by atoms with Crippen LogP contribution in [0.1, 0.15) is 35.0 Å². The Hall–Kier alpha value is -2.55. The van der Waals surface area contributed by atoms with Crippen LogP contribution in [0.25, 0.3) is 10.9 Å². The number of methoxy groups -OCH3 is 1. The molecule has 0 spiro atoms. The van der Waals surface area contributed by atoms with Crippen molar-refractivity contribution in [2.45, 2.75) is 18.9 Å². The quantitative estimate of drug-likeness (QED) is 0.678. The predicted molar refractivity (Wildman–Crippen MR) is 117 cm³/mol. The fourth-order valence-corrected chi connectivity index (χ4v) is 4.20. The summed E-state index contributed by atoms with van der Waals surface area (Å²) in [5.41, 5.74) is 1.97. The number of nitrogens with zero attached hydrogens (tertiary/aromatic N) is 3. The lowest BCUT2D eigenvalue weighted by Crippen LogP contribution is -2.46. The Morgan fingerprint density at radius 3 is 2.84 bits per heavy atom. The molecule has 8 nitrogen and oxygen atoms in total. The van der Waals surface area contributed by atoms with Crippen LogP contribution >= 0.6 is 0 Å².